The van der Waals surface area contributed by atoms with E-state index in [0.717, 1.165) is 0 Å². The predicted octanol–water partition coefficient (Wildman–Crippen LogP) is 2.81. The molecule has 0 bridgehead atoms. The minimum absolute atomic E-state index is 0.0356. The summed E-state index contributed by atoms with van der Waals surface area (Å²) in [6.07, 6.45) is 0. The molecule has 1 N–H and O–H groups in total. The number of aromatic nitrogens is 3. The zero-order valence-corrected chi connectivity index (χ0v) is 10.5. The van der Waals surface area contributed by atoms with E-state index in [1.54, 1.807) is 6.92 Å². The Morgan fingerprint density at radius 2 is 1.74 bits per heavy atom. The molecule has 0 saturated heterocycles. The summed E-state index contributed by atoms with van der Waals surface area (Å²) >= 11 is 0. The summed E-state index contributed by atoms with van der Waals surface area (Å²) in [5.41, 5.74) is -0.375. The lowest BCUT2D eigenvalue weighted by Gasteiger charge is -2.09. The van der Waals surface area contributed by atoms with Crippen molar-refractivity contribution < 1.29 is 13.2 Å². The topological polar surface area (TPSA) is 42.7 Å². The van der Waals surface area contributed by atoms with Crippen LogP contribution in [0.1, 0.15) is 13.8 Å². The van der Waals surface area contributed by atoms with Crippen LogP contribution in [-0.4, -0.2) is 21.3 Å². The van der Waals surface area contributed by atoms with Crippen molar-refractivity contribution in [2.75, 3.05) is 11.9 Å². The van der Waals surface area contributed by atoms with Gasteiger partial charge in [-0.3, -0.25) is 4.57 Å². The van der Waals surface area contributed by atoms with E-state index >= 15 is 0 Å². The first-order valence-corrected chi connectivity index (χ1v) is 5.90. The SMILES string of the molecule is CCNc1nnc(-c2c(F)cc(F)cc2F)n1CC. The number of hydrogen-bond donors (Lipinski definition) is 1. The van der Waals surface area contributed by atoms with Gasteiger partial charge in [-0.05, 0) is 13.8 Å². The van der Waals surface area contributed by atoms with Gasteiger partial charge < -0.3 is 5.32 Å². The zero-order chi connectivity index (χ0) is 14.0. The van der Waals surface area contributed by atoms with Gasteiger partial charge in [-0.15, -0.1) is 10.2 Å². The highest BCUT2D eigenvalue weighted by Gasteiger charge is 2.20. The highest BCUT2D eigenvalue weighted by molar-refractivity contribution is 5.59. The summed E-state index contributed by atoms with van der Waals surface area (Å²) in [5.74, 6) is -2.50. The van der Waals surface area contributed by atoms with Gasteiger partial charge in [-0.1, -0.05) is 0 Å². The summed E-state index contributed by atoms with van der Waals surface area (Å²) < 4.78 is 41.9. The maximum absolute atomic E-state index is 13.7. The van der Waals surface area contributed by atoms with Crippen molar-refractivity contribution in [3.05, 3.63) is 29.6 Å². The highest BCUT2D eigenvalue weighted by Crippen LogP contribution is 2.27. The number of anilines is 1. The van der Waals surface area contributed by atoms with Gasteiger partial charge in [-0.25, -0.2) is 13.2 Å². The van der Waals surface area contributed by atoms with Crippen LogP contribution in [0.15, 0.2) is 12.1 Å². The molecular weight excluding hydrogens is 257 g/mol. The molecule has 0 amide bonds. The largest absolute Gasteiger partial charge is 0.355 e. The van der Waals surface area contributed by atoms with E-state index in [9.17, 15) is 13.2 Å². The van der Waals surface area contributed by atoms with E-state index in [2.05, 4.69) is 15.5 Å². The van der Waals surface area contributed by atoms with Gasteiger partial charge in [0.15, 0.2) is 5.82 Å². The zero-order valence-electron chi connectivity index (χ0n) is 10.5. The molecule has 0 aliphatic rings. The first-order chi connectivity index (χ1) is 9.08. The predicted molar refractivity (Wildman–Crippen MR) is 65.2 cm³/mol. The summed E-state index contributed by atoms with van der Waals surface area (Å²) in [4.78, 5) is 0. The molecule has 0 unspecified atom stereocenters. The number of nitrogens with zero attached hydrogens (tertiary/aromatic N) is 3. The molecule has 2 aromatic rings. The summed E-state index contributed by atoms with van der Waals surface area (Å²) in [6.45, 7) is 4.70. The van der Waals surface area contributed by atoms with Crippen molar-refractivity contribution in [3.63, 3.8) is 0 Å². The van der Waals surface area contributed by atoms with E-state index < -0.39 is 17.5 Å². The molecule has 1 aromatic carbocycles. The van der Waals surface area contributed by atoms with Crippen molar-refractivity contribution in [1.29, 1.82) is 0 Å². The van der Waals surface area contributed by atoms with Gasteiger partial charge in [0, 0.05) is 25.2 Å². The molecule has 0 atom stereocenters. The van der Waals surface area contributed by atoms with Gasteiger partial charge >= 0.3 is 0 Å². The normalized spacial score (nSPS) is 10.8. The van der Waals surface area contributed by atoms with E-state index in [-0.39, 0.29) is 11.4 Å². The van der Waals surface area contributed by atoms with E-state index in [1.807, 2.05) is 6.92 Å². The number of hydrogen-bond acceptors (Lipinski definition) is 3. The molecule has 0 aliphatic carbocycles. The van der Waals surface area contributed by atoms with E-state index in [4.69, 9.17) is 0 Å². The molecule has 0 aliphatic heterocycles. The van der Waals surface area contributed by atoms with Crippen molar-refractivity contribution in [1.82, 2.24) is 14.8 Å². The van der Waals surface area contributed by atoms with Crippen LogP contribution in [0.4, 0.5) is 19.1 Å². The lowest BCUT2D eigenvalue weighted by Crippen LogP contribution is -2.08. The molecule has 1 heterocycles. The van der Waals surface area contributed by atoms with Crippen LogP contribution < -0.4 is 5.32 Å². The quantitative estimate of drug-likeness (QED) is 0.929. The molecular formula is C12H13F3N4. The Morgan fingerprint density at radius 3 is 2.26 bits per heavy atom. The first kappa shape index (κ1) is 13.4. The van der Waals surface area contributed by atoms with Gasteiger partial charge in [0.1, 0.15) is 17.5 Å². The molecule has 0 saturated carbocycles. The Bertz CT molecular complexity index is 572. The maximum atomic E-state index is 13.7. The Kier molecular flexibility index (Phi) is 3.73. The molecule has 19 heavy (non-hydrogen) atoms. The number of nitrogens with one attached hydrogen (secondary N) is 1. The highest BCUT2D eigenvalue weighted by atomic mass is 19.1. The second-order valence-corrected chi connectivity index (χ2v) is 3.87. The molecule has 102 valence electrons. The van der Waals surface area contributed by atoms with Gasteiger partial charge in [0.2, 0.25) is 5.95 Å². The fourth-order valence-corrected chi connectivity index (χ4v) is 1.83. The lowest BCUT2D eigenvalue weighted by atomic mass is 10.2. The van der Waals surface area contributed by atoms with Gasteiger partial charge in [0.25, 0.3) is 0 Å². The smallest absolute Gasteiger partial charge is 0.224 e. The average molecular weight is 270 g/mol. The molecule has 2 rings (SSSR count). The summed E-state index contributed by atoms with van der Waals surface area (Å²) in [5, 5.41) is 10.5. The molecule has 0 fully saturated rings. The average Bonchev–Trinajstić information content (AvgIpc) is 2.71. The van der Waals surface area contributed by atoms with Crippen molar-refractivity contribution >= 4 is 5.95 Å². The Labute approximate surface area is 108 Å². The van der Waals surface area contributed by atoms with Crippen LogP contribution in [-0.2, 0) is 6.54 Å². The third kappa shape index (κ3) is 2.40. The fourth-order valence-electron chi connectivity index (χ4n) is 1.83. The van der Waals surface area contributed by atoms with Crippen LogP contribution in [0.25, 0.3) is 11.4 Å². The van der Waals surface area contributed by atoms with Crippen LogP contribution in [0.3, 0.4) is 0 Å². The van der Waals surface area contributed by atoms with Gasteiger partial charge in [0.05, 0.1) is 5.56 Å². The maximum Gasteiger partial charge on any atom is 0.224 e. The third-order valence-electron chi connectivity index (χ3n) is 2.63. The number of rotatable bonds is 4. The minimum atomic E-state index is -0.998. The van der Waals surface area contributed by atoms with Crippen molar-refractivity contribution in [2.24, 2.45) is 0 Å². The monoisotopic (exact) mass is 270 g/mol. The fraction of sp³-hybridized carbons (Fsp3) is 0.333. The number of halogens is 3. The van der Waals surface area contributed by atoms with E-state index in [1.165, 1.54) is 4.57 Å². The van der Waals surface area contributed by atoms with Crippen LogP contribution >= 0.6 is 0 Å². The Balaban J connectivity index is 2.59. The molecule has 4 nitrogen and oxygen atoms in total. The molecule has 7 heteroatoms. The first-order valence-electron chi connectivity index (χ1n) is 5.90. The summed E-state index contributed by atoms with van der Waals surface area (Å²) in [6, 6.07) is 1.25. The minimum Gasteiger partial charge on any atom is -0.355 e. The molecule has 0 radical (unpaired) electrons. The van der Waals surface area contributed by atoms with Gasteiger partial charge in [-0.2, -0.15) is 0 Å². The number of benzene rings is 1. The van der Waals surface area contributed by atoms with Crippen molar-refractivity contribution in [3.8, 4) is 11.4 Å². The third-order valence-corrected chi connectivity index (χ3v) is 2.63. The Hall–Kier alpha value is -2.05. The molecule has 1 aromatic heterocycles. The van der Waals surface area contributed by atoms with Crippen molar-refractivity contribution in [2.45, 2.75) is 20.4 Å². The van der Waals surface area contributed by atoms with Crippen LogP contribution in [0.5, 0.6) is 0 Å². The van der Waals surface area contributed by atoms with E-state index in [0.29, 0.717) is 31.2 Å². The lowest BCUT2D eigenvalue weighted by molar-refractivity contribution is 0.545. The molecule has 0 spiro atoms. The second-order valence-electron chi connectivity index (χ2n) is 3.87. The van der Waals surface area contributed by atoms with Crippen LogP contribution in [0.2, 0.25) is 0 Å². The Morgan fingerprint density at radius 1 is 1.11 bits per heavy atom. The second kappa shape index (κ2) is 5.29. The summed E-state index contributed by atoms with van der Waals surface area (Å²) in [7, 11) is 0. The van der Waals surface area contributed by atoms with Crippen LogP contribution in [0, 0.1) is 17.5 Å². The standard InChI is InChI=1S/C12H13F3N4/c1-3-16-12-18-17-11(19(12)4-2)10-8(14)5-7(13)6-9(10)15/h5-6H,3-4H2,1-2H3,(H,16,18).